The largest absolute Gasteiger partial charge is 0.432 e. The molecule has 0 unspecified atom stereocenters. The fourth-order valence-corrected chi connectivity index (χ4v) is 1.23. The van der Waals surface area contributed by atoms with Crippen LogP contribution in [0.3, 0.4) is 0 Å². The van der Waals surface area contributed by atoms with Crippen LogP contribution in [-0.2, 0) is 0 Å². The Kier molecular flexibility index (Phi) is 2.68. The van der Waals surface area contributed by atoms with Gasteiger partial charge in [0.25, 0.3) is 0 Å². The highest BCUT2D eigenvalue weighted by molar-refractivity contribution is 5.53. The van der Waals surface area contributed by atoms with Crippen LogP contribution in [0.15, 0.2) is 30.5 Å². The molecular weight excluding hydrogens is 209 g/mol. The quantitative estimate of drug-likeness (QED) is 0.787. The third kappa shape index (κ3) is 2.08. The fraction of sp³-hybridized carbons (Fsp3) is 0.0909. The van der Waals surface area contributed by atoms with Crippen LogP contribution in [0.2, 0.25) is 0 Å². The highest BCUT2D eigenvalue weighted by Gasteiger charge is 2.09. The Balaban J connectivity index is 2.34. The van der Waals surface area contributed by atoms with Crippen molar-refractivity contribution in [1.29, 1.82) is 0 Å². The van der Waals surface area contributed by atoms with E-state index < -0.39 is 5.82 Å². The molecule has 0 saturated carbocycles. The predicted octanol–water partition coefficient (Wildman–Crippen LogP) is 2.30. The SMILES string of the molecule is Cc1cnnc(Oc2c(N)cccc2F)c1. The minimum atomic E-state index is -0.525. The zero-order valence-electron chi connectivity index (χ0n) is 8.64. The first kappa shape index (κ1) is 10.4. The van der Waals surface area contributed by atoms with Gasteiger partial charge in [0.15, 0.2) is 11.6 Å². The number of rotatable bonds is 2. The van der Waals surface area contributed by atoms with Crippen LogP contribution in [0.25, 0.3) is 0 Å². The fourth-order valence-electron chi connectivity index (χ4n) is 1.23. The smallest absolute Gasteiger partial charge is 0.239 e. The van der Waals surface area contributed by atoms with Gasteiger partial charge in [-0.2, -0.15) is 5.10 Å². The topological polar surface area (TPSA) is 61.0 Å². The Morgan fingerprint density at radius 3 is 2.88 bits per heavy atom. The van der Waals surface area contributed by atoms with E-state index in [9.17, 15) is 4.39 Å². The van der Waals surface area contributed by atoms with Crippen LogP contribution >= 0.6 is 0 Å². The number of aryl methyl sites for hydroxylation is 1. The minimum absolute atomic E-state index is 0.0256. The molecule has 0 fully saturated rings. The summed E-state index contributed by atoms with van der Waals surface area (Å²) in [5.41, 5.74) is 6.69. The number of benzene rings is 1. The van der Waals surface area contributed by atoms with E-state index in [1.807, 2.05) is 6.92 Å². The monoisotopic (exact) mass is 219 g/mol. The number of hydrogen-bond acceptors (Lipinski definition) is 4. The number of aromatic nitrogens is 2. The lowest BCUT2D eigenvalue weighted by Crippen LogP contribution is -1.97. The van der Waals surface area contributed by atoms with E-state index in [0.717, 1.165) is 5.56 Å². The van der Waals surface area contributed by atoms with Crippen LogP contribution in [0, 0.1) is 12.7 Å². The van der Waals surface area contributed by atoms with Gasteiger partial charge in [0.2, 0.25) is 5.88 Å². The Bertz CT molecular complexity index is 496. The molecule has 1 aromatic heterocycles. The molecule has 0 spiro atoms. The number of ether oxygens (including phenoxy) is 1. The molecule has 16 heavy (non-hydrogen) atoms. The average molecular weight is 219 g/mol. The molecule has 0 atom stereocenters. The van der Waals surface area contributed by atoms with Crippen molar-refractivity contribution in [3.8, 4) is 11.6 Å². The van der Waals surface area contributed by atoms with E-state index in [-0.39, 0.29) is 17.3 Å². The highest BCUT2D eigenvalue weighted by atomic mass is 19.1. The van der Waals surface area contributed by atoms with Crippen LogP contribution < -0.4 is 10.5 Å². The maximum atomic E-state index is 13.4. The Morgan fingerprint density at radius 2 is 2.19 bits per heavy atom. The average Bonchev–Trinajstić information content (AvgIpc) is 2.24. The first-order valence-electron chi connectivity index (χ1n) is 4.68. The van der Waals surface area contributed by atoms with Crippen molar-refractivity contribution in [3.05, 3.63) is 41.8 Å². The van der Waals surface area contributed by atoms with Crippen LogP contribution in [0.1, 0.15) is 5.56 Å². The normalized spacial score (nSPS) is 10.1. The van der Waals surface area contributed by atoms with Crippen LogP contribution in [-0.4, -0.2) is 10.2 Å². The first-order chi connectivity index (χ1) is 7.66. The van der Waals surface area contributed by atoms with Gasteiger partial charge in [-0.15, -0.1) is 5.10 Å². The van der Waals surface area contributed by atoms with Crippen molar-refractivity contribution in [2.45, 2.75) is 6.92 Å². The maximum Gasteiger partial charge on any atom is 0.239 e. The third-order valence-electron chi connectivity index (χ3n) is 1.97. The van der Waals surface area contributed by atoms with Crippen molar-refractivity contribution < 1.29 is 9.13 Å². The van der Waals surface area contributed by atoms with E-state index >= 15 is 0 Å². The highest BCUT2D eigenvalue weighted by Crippen LogP contribution is 2.28. The van der Waals surface area contributed by atoms with Gasteiger partial charge < -0.3 is 10.5 Å². The predicted molar refractivity (Wildman–Crippen MR) is 57.7 cm³/mol. The molecule has 0 aliphatic heterocycles. The van der Waals surface area contributed by atoms with Gasteiger partial charge in [0, 0.05) is 6.07 Å². The molecule has 0 saturated heterocycles. The summed E-state index contributed by atoms with van der Waals surface area (Å²) < 4.78 is 18.6. The van der Waals surface area contributed by atoms with Crippen molar-refractivity contribution >= 4 is 5.69 Å². The molecule has 5 heteroatoms. The van der Waals surface area contributed by atoms with Crippen molar-refractivity contribution in [3.63, 3.8) is 0 Å². The zero-order valence-corrected chi connectivity index (χ0v) is 8.64. The summed E-state index contributed by atoms with van der Waals surface area (Å²) in [4.78, 5) is 0. The molecule has 1 aromatic carbocycles. The lowest BCUT2D eigenvalue weighted by atomic mass is 10.3. The Morgan fingerprint density at radius 1 is 1.38 bits per heavy atom. The van der Waals surface area contributed by atoms with E-state index in [1.54, 1.807) is 18.3 Å². The van der Waals surface area contributed by atoms with Gasteiger partial charge in [-0.3, -0.25) is 0 Å². The minimum Gasteiger partial charge on any atom is -0.432 e. The zero-order chi connectivity index (χ0) is 11.5. The van der Waals surface area contributed by atoms with E-state index in [0.29, 0.717) is 0 Å². The number of anilines is 1. The molecule has 82 valence electrons. The van der Waals surface area contributed by atoms with Gasteiger partial charge in [0.05, 0.1) is 11.9 Å². The van der Waals surface area contributed by atoms with Crippen molar-refractivity contribution in [2.75, 3.05) is 5.73 Å². The summed E-state index contributed by atoms with van der Waals surface area (Å²) >= 11 is 0. The van der Waals surface area contributed by atoms with E-state index in [2.05, 4.69) is 10.2 Å². The number of nitrogen functional groups attached to an aromatic ring is 1. The van der Waals surface area contributed by atoms with Crippen LogP contribution in [0.4, 0.5) is 10.1 Å². The number of nitrogens with two attached hydrogens (primary N) is 1. The number of para-hydroxylation sites is 1. The standard InChI is InChI=1S/C11H10FN3O/c1-7-5-10(15-14-6-7)16-11-8(12)3-2-4-9(11)13/h2-6H,13H2,1H3. The molecule has 0 aliphatic rings. The van der Waals surface area contributed by atoms with Gasteiger partial charge in [-0.25, -0.2) is 4.39 Å². The van der Waals surface area contributed by atoms with Crippen molar-refractivity contribution in [1.82, 2.24) is 10.2 Å². The summed E-state index contributed by atoms with van der Waals surface area (Å²) in [6.45, 7) is 1.84. The molecule has 2 rings (SSSR count). The molecule has 1 heterocycles. The maximum absolute atomic E-state index is 13.4. The number of halogens is 1. The lowest BCUT2D eigenvalue weighted by Gasteiger charge is -2.07. The summed E-state index contributed by atoms with van der Waals surface area (Å²) in [5.74, 6) is -0.331. The number of nitrogens with zero attached hydrogens (tertiary/aromatic N) is 2. The molecular formula is C11H10FN3O. The summed E-state index contributed by atoms with van der Waals surface area (Å²) in [6, 6.07) is 5.99. The molecule has 4 nitrogen and oxygen atoms in total. The summed E-state index contributed by atoms with van der Waals surface area (Å²) in [7, 11) is 0. The number of hydrogen-bond donors (Lipinski definition) is 1. The molecule has 0 amide bonds. The van der Waals surface area contributed by atoms with Crippen molar-refractivity contribution in [2.24, 2.45) is 0 Å². The van der Waals surface area contributed by atoms with Crippen LogP contribution in [0.5, 0.6) is 11.6 Å². The van der Waals surface area contributed by atoms with Gasteiger partial charge in [-0.1, -0.05) is 6.07 Å². The summed E-state index contributed by atoms with van der Waals surface area (Å²) in [6.07, 6.45) is 1.58. The second-order valence-electron chi connectivity index (χ2n) is 3.33. The molecule has 0 aliphatic carbocycles. The van der Waals surface area contributed by atoms with E-state index in [1.165, 1.54) is 12.1 Å². The third-order valence-corrected chi connectivity index (χ3v) is 1.97. The van der Waals surface area contributed by atoms with E-state index in [4.69, 9.17) is 10.5 Å². The first-order valence-corrected chi connectivity index (χ1v) is 4.68. The molecule has 2 aromatic rings. The second kappa shape index (κ2) is 4.14. The Hall–Kier alpha value is -2.17. The van der Waals surface area contributed by atoms with Gasteiger partial charge >= 0.3 is 0 Å². The van der Waals surface area contributed by atoms with Gasteiger partial charge in [0.1, 0.15) is 0 Å². The lowest BCUT2D eigenvalue weighted by molar-refractivity contribution is 0.424. The molecule has 0 radical (unpaired) electrons. The van der Waals surface area contributed by atoms with Gasteiger partial charge in [-0.05, 0) is 24.6 Å². The second-order valence-corrected chi connectivity index (χ2v) is 3.33. The molecule has 0 bridgehead atoms. The Labute approximate surface area is 91.9 Å². The molecule has 2 N–H and O–H groups in total. The summed E-state index contributed by atoms with van der Waals surface area (Å²) in [5, 5.41) is 7.42.